The third-order valence-electron chi connectivity index (χ3n) is 5.18. The fourth-order valence-corrected chi connectivity index (χ4v) is 4.46. The Morgan fingerprint density at radius 3 is 2.45 bits per heavy atom. The quantitative estimate of drug-likeness (QED) is 0.229. The van der Waals surface area contributed by atoms with Crippen molar-refractivity contribution < 1.29 is 19.5 Å². The summed E-state index contributed by atoms with van der Waals surface area (Å²) in [6.45, 7) is 0.502. The van der Waals surface area contributed by atoms with Gasteiger partial charge < -0.3 is 10.1 Å². The Bertz CT molecular complexity index is 1260. The van der Waals surface area contributed by atoms with Crippen molar-refractivity contribution in [3.63, 3.8) is 0 Å². The highest BCUT2D eigenvalue weighted by Gasteiger charge is 2.22. The summed E-state index contributed by atoms with van der Waals surface area (Å²) in [5, 5.41) is 16.1. The summed E-state index contributed by atoms with van der Waals surface area (Å²) in [7, 11) is 1.59. The standard InChI is InChI=1S/C25H23N3O4S/c1-32-20-11-9-19(10-12-20)27-25(30)23(26-15-16-5-3-2-4-6-16)18-8-7-17-13-22(24(29)28-31)33-21(17)14-18/h2-14,23,26,31H,15H2,1H3,(H,27,30)(H,28,29). The minimum atomic E-state index is -0.631. The van der Waals surface area contributed by atoms with Gasteiger partial charge in [-0.25, -0.2) is 5.48 Å². The van der Waals surface area contributed by atoms with Crippen LogP contribution in [0.15, 0.2) is 78.9 Å². The van der Waals surface area contributed by atoms with E-state index < -0.39 is 11.9 Å². The molecule has 1 atom stereocenters. The Kier molecular flexibility index (Phi) is 6.99. The first-order valence-corrected chi connectivity index (χ1v) is 11.1. The SMILES string of the molecule is COc1ccc(NC(=O)C(NCc2ccccc2)c2ccc3cc(C(=O)NO)sc3c2)cc1. The van der Waals surface area contributed by atoms with Crippen LogP contribution in [0.5, 0.6) is 5.75 Å². The van der Waals surface area contributed by atoms with Crippen LogP contribution in [-0.4, -0.2) is 24.1 Å². The van der Waals surface area contributed by atoms with E-state index in [1.165, 1.54) is 11.3 Å². The molecule has 2 amide bonds. The van der Waals surface area contributed by atoms with Crippen LogP contribution in [0, 0.1) is 0 Å². The smallest absolute Gasteiger partial charge is 0.284 e. The number of rotatable bonds is 8. The summed E-state index contributed by atoms with van der Waals surface area (Å²) in [5.74, 6) is -0.0632. The van der Waals surface area contributed by atoms with Gasteiger partial charge in [0.25, 0.3) is 5.91 Å². The van der Waals surface area contributed by atoms with Crippen LogP contribution in [0.2, 0.25) is 0 Å². The summed E-state index contributed by atoms with van der Waals surface area (Å²) < 4.78 is 6.02. The minimum Gasteiger partial charge on any atom is -0.497 e. The van der Waals surface area contributed by atoms with Crippen LogP contribution in [0.1, 0.15) is 26.8 Å². The van der Waals surface area contributed by atoms with Gasteiger partial charge in [-0.15, -0.1) is 11.3 Å². The van der Waals surface area contributed by atoms with E-state index in [0.717, 1.165) is 21.2 Å². The molecular weight excluding hydrogens is 438 g/mol. The second-order valence-corrected chi connectivity index (χ2v) is 8.45. The Morgan fingerprint density at radius 2 is 1.76 bits per heavy atom. The van der Waals surface area contributed by atoms with E-state index in [-0.39, 0.29) is 5.91 Å². The molecule has 0 aliphatic rings. The van der Waals surface area contributed by atoms with Crippen LogP contribution in [-0.2, 0) is 11.3 Å². The number of carbonyl (C=O) groups excluding carboxylic acids is 2. The number of hydrogen-bond acceptors (Lipinski definition) is 6. The molecule has 8 heteroatoms. The normalized spacial score (nSPS) is 11.7. The van der Waals surface area contributed by atoms with Gasteiger partial charge in [0.2, 0.25) is 5.91 Å². The highest BCUT2D eigenvalue weighted by atomic mass is 32.1. The van der Waals surface area contributed by atoms with E-state index in [0.29, 0.717) is 22.9 Å². The maximum absolute atomic E-state index is 13.3. The summed E-state index contributed by atoms with van der Waals surface area (Å²) in [6.07, 6.45) is 0. The van der Waals surface area contributed by atoms with Crippen molar-refractivity contribution in [2.75, 3.05) is 12.4 Å². The van der Waals surface area contributed by atoms with Crippen molar-refractivity contribution in [2.45, 2.75) is 12.6 Å². The topological polar surface area (TPSA) is 99.7 Å². The zero-order valence-corrected chi connectivity index (χ0v) is 18.7. The number of hydroxylamine groups is 1. The fraction of sp³-hybridized carbons (Fsp3) is 0.120. The van der Waals surface area contributed by atoms with Gasteiger partial charge >= 0.3 is 0 Å². The van der Waals surface area contributed by atoms with Gasteiger partial charge in [0.1, 0.15) is 11.8 Å². The minimum absolute atomic E-state index is 0.208. The number of nitrogens with one attached hydrogen (secondary N) is 3. The maximum atomic E-state index is 13.3. The van der Waals surface area contributed by atoms with Crippen LogP contribution in [0.3, 0.4) is 0 Å². The van der Waals surface area contributed by atoms with Crippen LogP contribution in [0.25, 0.3) is 10.1 Å². The third kappa shape index (κ3) is 5.38. The summed E-state index contributed by atoms with van der Waals surface area (Å²) in [4.78, 5) is 25.5. The molecule has 0 radical (unpaired) electrons. The predicted molar refractivity (Wildman–Crippen MR) is 129 cm³/mol. The molecule has 3 aromatic carbocycles. The molecule has 0 bridgehead atoms. The first kappa shape index (κ1) is 22.5. The van der Waals surface area contributed by atoms with Gasteiger partial charge in [-0.1, -0.05) is 42.5 Å². The van der Waals surface area contributed by atoms with E-state index in [9.17, 15) is 9.59 Å². The molecule has 0 fully saturated rings. The average Bonchev–Trinajstić information content (AvgIpc) is 3.28. The lowest BCUT2D eigenvalue weighted by atomic mass is 10.0. The van der Waals surface area contributed by atoms with E-state index in [1.807, 2.05) is 48.5 Å². The van der Waals surface area contributed by atoms with Crippen molar-refractivity contribution in [2.24, 2.45) is 0 Å². The van der Waals surface area contributed by atoms with E-state index in [1.54, 1.807) is 42.9 Å². The molecule has 0 spiro atoms. The average molecular weight is 462 g/mol. The summed E-state index contributed by atoms with van der Waals surface area (Å²) in [6, 6.07) is 23.7. The van der Waals surface area contributed by atoms with Gasteiger partial charge in [-0.05, 0) is 52.9 Å². The van der Waals surface area contributed by atoms with Crippen molar-refractivity contribution in [3.8, 4) is 5.75 Å². The Hall–Kier alpha value is -3.72. The highest BCUT2D eigenvalue weighted by molar-refractivity contribution is 7.20. The highest BCUT2D eigenvalue weighted by Crippen LogP contribution is 2.29. The lowest BCUT2D eigenvalue weighted by Crippen LogP contribution is -2.32. The molecule has 0 saturated carbocycles. The fourth-order valence-electron chi connectivity index (χ4n) is 3.46. The molecule has 7 nitrogen and oxygen atoms in total. The van der Waals surface area contributed by atoms with E-state index in [4.69, 9.17) is 9.94 Å². The largest absolute Gasteiger partial charge is 0.497 e. The molecule has 0 aliphatic carbocycles. The number of ether oxygens (including phenoxy) is 1. The van der Waals surface area contributed by atoms with Crippen molar-refractivity contribution in [3.05, 3.63) is 94.9 Å². The lowest BCUT2D eigenvalue weighted by Gasteiger charge is -2.19. The molecule has 4 aromatic rings. The Labute approximate surface area is 195 Å². The maximum Gasteiger partial charge on any atom is 0.284 e. The van der Waals surface area contributed by atoms with Gasteiger partial charge in [-0.2, -0.15) is 0 Å². The van der Waals surface area contributed by atoms with E-state index >= 15 is 0 Å². The molecule has 168 valence electrons. The molecular formula is C25H23N3O4S. The zero-order chi connectivity index (χ0) is 23.2. The number of fused-ring (bicyclic) bond motifs is 1. The van der Waals surface area contributed by atoms with Crippen molar-refractivity contribution in [1.82, 2.24) is 10.8 Å². The number of amides is 2. The first-order valence-electron chi connectivity index (χ1n) is 10.3. The second kappa shape index (κ2) is 10.3. The number of methoxy groups -OCH3 is 1. The number of thiophene rings is 1. The van der Waals surface area contributed by atoms with Gasteiger partial charge in [0.05, 0.1) is 12.0 Å². The van der Waals surface area contributed by atoms with Gasteiger partial charge in [0.15, 0.2) is 0 Å². The van der Waals surface area contributed by atoms with Crippen molar-refractivity contribution >= 4 is 38.9 Å². The molecule has 1 aromatic heterocycles. The number of carbonyl (C=O) groups is 2. The molecule has 0 aliphatic heterocycles. The molecule has 33 heavy (non-hydrogen) atoms. The molecule has 0 saturated heterocycles. The van der Waals surface area contributed by atoms with Crippen molar-refractivity contribution in [1.29, 1.82) is 0 Å². The molecule has 1 heterocycles. The Balaban J connectivity index is 1.62. The molecule has 1 unspecified atom stereocenters. The van der Waals surface area contributed by atoms with Gasteiger partial charge in [-0.3, -0.25) is 20.1 Å². The predicted octanol–water partition coefficient (Wildman–Crippen LogP) is 4.50. The van der Waals surface area contributed by atoms with E-state index in [2.05, 4.69) is 10.6 Å². The van der Waals surface area contributed by atoms with Gasteiger partial charge in [0, 0.05) is 16.9 Å². The lowest BCUT2D eigenvalue weighted by molar-refractivity contribution is -0.118. The molecule has 4 N–H and O–H groups in total. The zero-order valence-electron chi connectivity index (χ0n) is 17.9. The third-order valence-corrected chi connectivity index (χ3v) is 6.27. The number of benzene rings is 3. The number of anilines is 1. The van der Waals surface area contributed by atoms with Crippen LogP contribution in [0.4, 0.5) is 5.69 Å². The van der Waals surface area contributed by atoms with Crippen LogP contribution >= 0.6 is 11.3 Å². The number of hydrogen-bond donors (Lipinski definition) is 4. The second-order valence-electron chi connectivity index (χ2n) is 7.37. The summed E-state index contributed by atoms with van der Waals surface area (Å²) in [5.41, 5.74) is 4.14. The first-order chi connectivity index (χ1) is 16.1. The Morgan fingerprint density at radius 1 is 1.00 bits per heavy atom. The summed E-state index contributed by atoms with van der Waals surface area (Å²) >= 11 is 1.25. The molecule has 4 rings (SSSR count). The van der Waals surface area contributed by atoms with Crippen LogP contribution < -0.4 is 20.9 Å². The monoisotopic (exact) mass is 461 g/mol.